The summed E-state index contributed by atoms with van der Waals surface area (Å²) in [4.78, 5) is 11.4. The molecule has 1 saturated heterocycles. The largest absolute Gasteiger partial charge is 0.494 e. The Morgan fingerprint density at radius 1 is 0.893 bits per heavy atom. The van der Waals surface area contributed by atoms with Crippen LogP contribution >= 0.6 is 0 Å². The van der Waals surface area contributed by atoms with Crippen molar-refractivity contribution in [1.29, 1.82) is 0 Å². The summed E-state index contributed by atoms with van der Waals surface area (Å²) in [5.41, 5.74) is 1.43. The molecule has 0 saturated carbocycles. The molecule has 0 spiro atoms. The average Bonchev–Trinajstić information content (AvgIpc) is 2.87. The molecule has 1 aliphatic heterocycles. The first-order valence-corrected chi connectivity index (χ1v) is 9.35. The van der Waals surface area contributed by atoms with Gasteiger partial charge in [-0.05, 0) is 56.9 Å². The molecular weight excluding hydrogens is 355 g/mol. The average molecular weight is 378 g/mol. The molecule has 2 heterocycles. The lowest BCUT2D eigenvalue weighted by molar-refractivity contribution is 0.00578. The molecule has 5 nitrogen and oxygen atoms in total. The smallest absolute Gasteiger partial charge is 0.489 e. The molecule has 0 N–H and O–H groups in total. The van der Waals surface area contributed by atoms with E-state index in [1.54, 1.807) is 12.1 Å². The summed E-state index contributed by atoms with van der Waals surface area (Å²) in [5, 5.41) is 0.860. The van der Waals surface area contributed by atoms with Crippen LogP contribution in [0.5, 0.6) is 5.75 Å². The van der Waals surface area contributed by atoms with Crippen LogP contribution in [0.1, 0.15) is 33.3 Å². The Morgan fingerprint density at radius 2 is 1.54 bits per heavy atom. The minimum atomic E-state index is -0.372. The Hall–Kier alpha value is -2.57. The zero-order chi connectivity index (χ0) is 19.9. The second-order valence-corrected chi connectivity index (χ2v) is 8.07. The Kier molecular flexibility index (Phi) is 4.56. The normalized spacial score (nSPS) is 17.8. The third kappa shape index (κ3) is 3.58. The lowest BCUT2D eigenvalue weighted by Crippen LogP contribution is -2.41. The number of hydrogen-bond donors (Lipinski definition) is 0. The summed E-state index contributed by atoms with van der Waals surface area (Å²) >= 11 is 0. The SMILES string of the molecule is CC1(C)OB(c2ccc(COc3ccc4ccc(=O)oc4c3)cc2)OC1(C)C. The number of ether oxygens (including phenoxy) is 1. The van der Waals surface area contributed by atoms with Crippen molar-refractivity contribution in [1.82, 2.24) is 0 Å². The van der Waals surface area contributed by atoms with Gasteiger partial charge in [0.2, 0.25) is 0 Å². The molecule has 0 atom stereocenters. The molecule has 144 valence electrons. The molecule has 0 amide bonds. The van der Waals surface area contributed by atoms with Crippen LogP contribution in [0.15, 0.2) is 63.8 Å². The van der Waals surface area contributed by atoms with Crippen LogP contribution in [0.3, 0.4) is 0 Å². The minimum Gasteiger partial charge on any atom is -0.489 e. The maximum absolute atomic E-state index is 11.4. The third-order valence-electron chi connectivity index (χ3n) is 5.51. The lowest BCUT2D eigenvalue weighted by atomic mass is 9.79. The van der Waals surface area contributed by atoms with E-state index in [4.69, 9.17) is 18.5 Å². The molecule has 0 aliphatic carbocycles. The maximum atomic E-state index is 11.4. The van der Waals surface area contributed by atoms with Gasteiger partial charge >= 0.3 is 12.7 Å². The molecular formula is C22H23BO5. The van der Waals surface area contributed by atoms with Gasteiger partial charge in [0.05, 0.1) is 11.2 Å². The number of rotatable bonds is 4. The highest BCUT2D eigenvalue weighted by Gasteiger charge is 2.51. The third-order valence-corrected chi connectivity index (χ3v) is 5.51. The number of benzene rings is 2. The first kappa shape index (κ1) is 18.8. The molecule has 6 heteroatoms. The summed E-state index contributed by atoms with van der Waals surface area (Å²) < 4.78 is 23.2. The van der Waals surface area contributed by atoms with E-state index in [1.807, 2.05) is 64.1 Å². The number of fused-ring (bicyclic) bond motifs is 1. The van der Waals surface area contributed by atoms with Gasteiger partial charge in [-0.2, -0.15) is 0 Å². The van der Waals surface area contributed by atoms with Crippen molar-refractivity contribution in [3.8, 4) is 5.75 Å². The van der Waals surface area contributed by atoms with Crippen molar-refractivity contribution >= 4 is 23.6 Å². The summed E-state index contributed by atoms with van der Waals surface area (Å²) in [7, 11) is -0.372. The van der Waals surface area contributed by atoms with Crippen molar-refractivity contribution in [2.75, 3.05) is 0 Å². The van der Waals surface area contributed by atoms with E-state index in [2.05, 4.69) is 0 Å². The second-order valence-electron chi connectivity index (χ2n) is 8.07. The first-order valence-electron chi connectivity index (χ1n) is 9.35. The van der Waals surface area contributed by atoms with Crippen molar-refractivity contribution in [2.45, 2.75) is 45.5 Å². The van der Waals surface area contributed by atoms with Crippen molar-refractivity contribution in [2.24, 2.45) is 0 Å². The van der Waals surface area contributed by atoms with E-state index in [9.17, 15) is 4.79 Å². The Labute approximate surface area is 164 Å². The summed E-state index contributed by atoms with van der Waals surface area (Å²) in [6, 6.07) is 16.6. The monoisotopic (exact) mass is 378 g/mol. The van der Waals surface area contributed by atoms with Crippen LogP contribution in [-0.2, 0) is 15.9 Å². The van der Waals surface area contributed by atoms with E-state index in [1.165, 1.54) is 6.07 Å². The summed E-state index contributed by atoms with van der Waals surface area (Å²) in [5.74, 6) is 0.650. The van der Waals surface area contributed by atoms with Crippen LogP contribution < -0.4 is 15.8 Å². The van der Waals surface area contributed by atoms with Crippen LogP contribution in [0.2, 0.25) is 0 Å². The maximum Gasteiger partial charge on any atom is 0.494 e. The molecule has 1 aromatic heterocycles. The predicted octanol–water partition coefficient (Wildman–Crippen LogP) is 3.67. The molecule has 1 fully saturated rings. The standard InChI is InChI=1S/C22H23BO5/c1-21(2)22(3,4)28-23(27-21)17-9-5-15(6-10-17)14-25-18-11-7-16-8-12-20(24)26-19(16)13-18/h5-13H,14H2,1-4H3. The van der Waals surface area contributed by atoms with Crippen molar-refractivity contribution in [3.63, 3.8) is 0 Å². The molecule has 4 rings (SSSR count). The van der Waals surface area contributed by atoms with E-state index >= 15 is 0 Å². The van der Waals surface area contributed by atoms with Gasteiger partial charge < -0.3 is 18.5 Å². The van der Waals surface area contributed by atoms with E-state index in [0.29, 0.717) is 17.9 Å². The highest BCUT2D eigenvalue weighted by Crippen LogP contribution is 2.36. The fourth-order valence-electron chi connectivity index (χ4n) is 3.05. The van der Waals surface area contributed by atoms with Gasteiger partial charge in [-0.1, -0.05) is 24.3 Å². The van der Waals surface area contributed by atoms with Gasteiger partial charge in [0, 0.05) is 17.5 Å². The van der Waals surface area contributed by atoms with E-state index < -0.39 is 0 Å². The van der Waals surface area contributed by atoms with Crippen molar-refractivity contribution < 1.29 is 18.5 Å². The van der Waals surface area contributed by atoms with E-state index in [-0.39, 0.29) is 23.9 Å². The second kappa shape index (κ2) is 6.80. The zero-order valence-corrected chi connectivity index (χ0v) is 16.5. The van der Waals surface area contributed by atoms with Gasteiger partial charge in [0.15, 0.2) is 0 Å². The molecule has 0 unspecified atom stereocenters. The van der Waals surface area contributed by atoms with Gasteiger partial charge in [0.1, 0.15) is 17.9 Å². The lowest BCUT2D eigenvalue weighted by Gasteiger charge is -2.32. The molecule has 1 aliphatic rings. The van der Waals surface area contributed by atoms with Crippen LogP contribution in [0.25, 0.3) is 11.0 Å². The molecule has 0 bridgehead atoms. The highest BCUT2D eigenvalue weighted by atomic mass is 16.7. The summed E-state index contributed by atoms with van der Waals surface area (Å²) in [6.45, 7) is 8.58. The van der Waals surface area contributed by atoms with Gasteiger partial charge in [0.25, 0.3) is 0 Å². The Morgan fingerprint density at radius 3 is 2.21 bits per heavy atom. The van der Waals surface area contributed by atoms with Crippen LogP contribution in [0, 0.1) is 0 Å². The summed E-state index contributed by atoms with van der Waals surface area (Å²) in [6.07, 6.45) is 0. The molecule has 2 aromatic carbocycles. The molecule has 0 radical (unpaired) electrons. The zero-order valence-electron chi connectivity index (χ0n) is 16.5. The van der Waals surface area contributed by atoms with Crippen molar-refractivity contribution in [3.05, 3.63) is 70.6 Å². The topological polar surface area (TPSA) is 57.9 Å². The fourth-order valence-corrected chi connectivity index (χ4v) is 3.05. The Bertz CT molecular complexity index is 1040. The van der Waals surface area contributed by atoms with E-state index in [0.717, 1.165) is 16.4 Å². The van der Waals surface area contributed by atoms with Gasteiger partial charge in [-0.3, -0.25) is 0 Å². The Balaban J connectivity index is 1.43. The molecule has 3 aromatic rings. The van der Waals surface area contributed by atoms with Gasteiger partial charge in [-0.25, -0.2) is 4.79 Å². The minimum absolute atomic E-state index is 0.357. The van der Waals surface area contributed by atoms with Crippen LogP contribution in [0.4, 0.5) is 0 Å². The first-order chi connectivity index (χ1) is 13.2. The predicted molar refractivity (Wildman–Crippen MR) is 109 cm³/mol. The molecule has 28 heavy (non-hydrogen) atoms. The highest BCUT2D eigenvalue weighted by molar-refractivity contribution is 6.62. The fraction of sp³-hybridized carbons (Fsp3) is 0.318. The number of hydrogen-bond acceptors (Lipinski definition) is 5. The van der Waals surface area contributed by atoms with Crippen LogP contribution in [-0.4, -0.2) is 18.3 Å². The quantitative estimate of drug-likeness (QED) is 0.512. The van der Waals surface area contributed by atoms with Gasteiger partial charge in [-0.15, -0.1) is 0 Å².